The number of aryl methyl sites for hydroxylation is 3. The van der Waals surface area contributed by atoms with E-state index in [-0.39, 0.29) is 37.4 Å². The third-order valence-electron chi connectivity index (χ3n) is 7.08. The molecule has 10 heteroatoms. The zero-order valence-corrected chi connectivity index (χ0v) is 23.3. The van der Waals surface area contributed by atoms with Crippen molar-refractivity contribution in [3.63, 3.8) is 0 Å². The maximum atomic E-state index is 13.7. The van der Waals surface area contributed by atoms with Crippen molar-refractivity contribution in [2.45, 2.75) is 64.8 Å². The average Bonchev–Trinajstić information content (AvgIpc) is 3.51. The number of benzene rings is 1. The van der Waals surface area contributed by atoms with Gasteiger partial charge in [-0.05, 0) is 50.5 Å². The van der Waals surface area contributed by atoms with Gasteiger partial charge in [0.05, 0.1) is 6.54 Å². The summed E-state index contributed by atoms with van der Waals surface area (Å²) >= 11 is 0. The topological polar surface area (TPSA) is 116 Å². The first-order valence-electron chi connectivity index (χ1n) is 13.2. The molecule has 206 valence electrons. The second-order valence-corrected chi connectivity index (χ2v) is 12.0. The zero-order chi connectivity index (χ0) is 27.7. The maximum absolute atomic E-state index is 13.7. The van der Waals surface area contributed by atoms with Crippen LogP contribution in [0, 0.1) is 25.2 Å². The fourth-order valence-electron chi connectivity index (χ4n) is 4.94. The molecule has 38 heavy (non-hydrogen) atoms. The Morgan fingerprint density at radius 1 is 1.21 bits per heavy atom. The standard InChI is InChI=1S/C28H39N4O5P/c1-4-17-30(3)28(34)26-27(31(21-33)18-7-8-19-38(35,36)37)29-25(32(26)20-24-9-5-6-10-24)16-15-23-13-11-22(2)12-14-23/h1,11-14,21,24H,5-10,15-20H2,2-3H3,(H2,35,36,37). The molecule has 1 aliphatic rings. The Morgan fingerprint density at radius 3 is 2.50 bits per heavy atom. The quantitative estimate of drug-likeness (QED) is 0.162. The molecule has 0 saturated heterocycles. The second-order valence-electron chi connectivity index (χ2n) is 10.2. The van der Waals surface area contributed by atoms with E-state index in [1.807, 2.05) is 11.5 Å². The monoisotopic (exact) mass is 542 g/mol. The number of anilines is 1. The molecule has 2 N–H and O–H groups in total. The highest BCUT2D eigenvalue weighted by atomic mass is 31.2. The Kier molecular flexibility index (Phi) is 10.7. The van der Waals surface area contributed by atoms with Gasteiger partial charge in [0.25, 0.3) is 5.91 Å². The van der Waals surface area contributed by atoms with Crippen LogP contribution in [0.1, 0.15) is 66.0 Å². The van der Waals surface area contributed by atoms with Gasteiger partial charge in [-0.1, -0.05) is 48.6 Å². The number of aromatic nitrogens is 2. The smallest absolute Gasteiger partial charge is 0.325 e. The van der Waals surface area contributed by atoms with Crippen LogP contribution in [0.3, 0.4) is 0 Å². The first-order chi connectivity index (χ1) is 18.1. The number of unbranched alkanes of at least 4 members (excludes halogenated alkanes) is 1. The van der Waals surface area contributed by atoms with Gasteiger partial charge in [0, 0.05) is 32.7 Å². The van der Waals surface area contributed by atoms with Crippen molar-refractivity contribution in [1.82, 2.24) is 14.5 Å². The molecule has 0 radical (unpaired) electrons. The van der Waals surface area contributed by atoms with Gasteiger partial charge >= 0.3 is 7.60 Å². The van der Waals surface area contributed by atoms with Crippen LogP contribution in [0.15, 0.2) is 24.3 Å². The summed E-state index contributed by atoms with van der Waals surface area (Å²) in [5, 5.41) is 0. The van der Waals surface area contributed by atoms with E-state index in [0.29, 0.717) is 37.4 Å². The van der Waals surface area contributed by atoms with E-state index in [1.54, 1.807) is 7.05 Å². The Bertz CT molecular complexity index is 1180. The zero-order valence-electron chi connectivity index (χ0n) is 22.4. The number of nitrogens with zero attached hydrogens (tertiary/aromatic N) is 4. The number of hydrogen-bond acceptors (Lipinski definition) is 4. The largest absolute Gasteiger partial charge is 0.329 e. The molecule has 0 atom stereocenters. The Morgan fingerprint density at radius 2 is 1.89 bits per heavy atom. The third-order valence-corrected chi connectivity index (χ3v) is 7.98. The molecule has 3 rings (SSSR count). The van der Waals surface area contributed by atoms with E-state index >= 15 is 0 Å². The van der Waals surface area contributed by atoms with Gasteiger partial charge in [0.1, 0.15) is 5.82 Å². The second kappa shape index (κ2) is 13.7. The van der Waals surface area contributed by atoms with Gasteiger partial charge < -0.3 is 19.3 Å². The van der Waals surface area contributed by atoms with Crippen LogP contribution in [0.5, 0.6) is 0 Å². The first kappa shape index (κ1) is 29.6. The van der Waals surface area contributed by atoms with Crippen LogP contribution in [0.25, 0.3) is 0 Å². The molecule has 0 unspecified atom stereocenters. The minimum atomic E-state index is -4.12. The molecule has 0 spiro atoms. The van der Waals surface area contributed by atoms with Crippen molar-refractivity contribution < 1.29 is 23.9 Å². The summed E-state index contributed by atoms with van der Waals surface area (Å²) in [6, 6.07) is 8.32. The molecule has 1 heterocycles. The predicted octanol–water partition coefficient (Wildman–Crippen LogP) is 3.79. The van der Waals surface area contributed by atoms with Crippen LogP contribution in [0.2, 0.25) is 0 Å². The van der Waals surface area contributed by atoms with Gasteiger partial charge in [-0.2, -0.15) is 0 Å². The number of rotatable bonds is 14. The maximum Gasteiger partial charge on any atom is 0.325 e. The summed E-state index contributed by atoms with van der Waals surface area (Å²) in [7, 11) is -2.49. The number of imidazole rings is 1. The lowest BCUT2D eigenvalue weighted by Gasteiger charge is -2.22. The number of terminal acetylenes is 1. The van der Waals surface area contributed by atoms with E-state index in [9.17, 15) is 23.9 Å². The number of amides is 2. The van der Waals surface area contributed by atoms with Crippen LogP contribution < -0.4 is 4.90 Å². The van der Waals surface area contributed by atoms with E-state index in [1.165, 1.54) is 15.4 Å². The van der Waals surface area contributed by atoms with Gasteiger partial charge in [-0.3, -0.25) is 19.1 Å². The van der Waals surface area contributed by atoms with Gasteiger partial charge in [0.15, 0.2) is 11.5 Å². The molecular weight excluding hydrogens is 503 g/mol. The summed E-state index contributed by atoms with van der Waals surface area (Å²) < 4.78 is 13.2. The summed E-state index contributed by atoms with van der Waals surface area (Å²) in [5.74, 6) is 3.65. The van der Waals surface area contributed by atoms with Crippen molar-refractivity contribution >= 4 is 25.7 Å². The van der Waals surface area contributed by atoms with Gasteiger partial charge in [-0.25, -0.2) is 4.98 Å². The molecule has 2 aromatic rings. The lowest BCUT2D eigenvalue weighted by Crippen LogP contribution is -2.33. The van der Waals surface area contributed by atoms with Gasteiger partial charge in [-0.15, -0.1) is 6.42 Å². The van der Waals surface area contributed by atoms with Crippen molar-refractivity contribution in [2.75, 3.05) is 31.2 Å². The lowest BCUT2D eigenvalue weighted by molar-refractivity contribution is -0.107. The molecule has 1 fully saturated rings. The number of carbonyl (C=O) groups is 2. The molecular formula is C28H39N4O5P. The Balaban J connectivity index is 1.98. The van der Waals surface area contributed by atoms with E-state index in [2.05, 4.69) is 30.2 Å². The van der Waals surface area contributed by atoms with Crippen LogP contribution in [-0.2, 0) is 28.7 Å². The highest BCUT2D eigenvalue weighted by Gasteiger charge is 2.30. The SMILES string of the molecule is C#CCN(C)C(=O)c1c(N(C=O)CCCCP(=O)(O)O)nc(CCc2ccc(C)cc2)n1CC1CCCC1. The predicted molar refractivity (Wildman–Crippen MR) is 148 cm³/mol. The average molecular weight is 543 g/mol. The fourth-order valence-corrected chi connectivity index (χ4v) is 5.58. The van der Waals surface area contributed by atoms with E-state index < -0.39 is 7.60 Å². The first-order valence-corrected chi connectivity index (χ1v) is 15.0. The van der Waals surface area contributed by atoms with E-state index in [4.69, 9.17) is 11.4 Å². The molecule has 9 nitrogen and oxygen atoms in total. The summed E-state index contributed by atoms with van der Waals surface area (Å²) in [4.78, 5) is 51.9. The molecule has 1 aromatic heterocycles. The number of carbonyl (C=O) groups excluding carboxylic acids is 2. The van der Waals surface area contributed by atoms with Crippen molar-refractivity contribution in [3.05, 3.63) is 46.9 Å². The van der Waals surface area contributed by atoms with Crippen molar-refractivity contribution in [1.29, 1.82) is 0 Å². The molecule has 1 aliphatic carbocycles. The molecule has 2 amide bonds. The highest BCUT2D eigenvalue weighted by molar-refractivity contribution is 7.51. The van der Waals surface area contributed by atoms with Crippen LogP contribution >= 0.6 is 7.60 Å². The summed E-state index contributed by atoms with van der Waals surface area (Å²) in [6.07, 6.45) is 12.3. The van der Waals surface area contributed by atoms with Crippen molar-refractivity contribution in [2.24, 2.45) is 5.92 Å². The summed E-state index contributed by atoms with van der Waals surface area (Å²) in [5.41, 5.74) is 2.69. The minimum Gasteiger partial charge on any atom is -0.329 e. The molecule has 0 bridgehead atoms. The van der Waals surface area contributed by atoms with E-state index in [0.717, 1.165) is 43.5 Å². The summed E-state index contributed by atoms with van der Waals surface area (Å²) in [6.45, 7) is 3.00. The highest BCUT2D eigenvalue weighted by Crippen LogP contribution is 2.35. The Labute approximate surface area is 225 Å². The van der Waals surface area contributed by atoms with Crippen LogP contribution in [0.4, 0.5) is 5.82 Å². The lowest BCUT2D eigenvalue weighted by atomic mass is 10.1. The molecule has 1 aromatic carbocycles. The number of hydrogen-bond donors (Lipinski definition) is 2. The minimum absolute atomic E-state index is 0.120. The Hall–Kier alpha value is -2.92. The normalized spacial score (nSPS) is 13.9. The molecule has 0 aliphatic heterocycles. The third kappa shape index (κ3) is 8.29. The van der Waals surface area contributed by atoms with Gasteiger partial charge in [0.2, 0.25) is 6.41 Å². The molecule has 1 saturated carbocycles. The fraction of sp³-hybridized carbons (Fsp3) is 0.536. The van der Waals surface area contributed by atoms with Crippen molar-refractivity contribution in [3.8, 4) is 12.3 Å². The van der Waals surface area contributed by atoms with Crippen LogP contribution in [-0.4, -0.2) is 62.9 Å².